The maximum Gasteiger partial charge on any atom is 0.0462 e. The SMILES string of the molecule is Cc1ccc(N(c2ccc(C=C(c3ccccc3)c3ccccc3)cc2)c2ccc(-c3ccc(N(c4ccc(C)cc4)c4ccc(/C=C\c5ccccc5)cc4)cc3)cc2)cc1.Cc1ccccc1. The van der Waals surface area contributed by atoms with Gasteiger partial charge in [-0.25, -0.2) is 0 Å². The van der Waals surface area contributed by atoms with Gasteiger partial charge in [-0.05, 0) is 144 Å². The van der Waals surface area contributed by atoms with Gasteiger partial charge in [0.25, 0.3) is 0 Å². The third-order valence-electron chi connectivity index (χ3n) is 12.2. The Morgan fingerprint density at radius 1 is 0.261 bits per heavy atom. The van der Waals surface area contributed by atoms with E-state index in [0.717, 1.165) is 56.4 Å². The molecule has 0 saturated carbocycles. The van der Waals surface area contributed by atoms with E-state index in [9.17, 15) is 0 Å². The van der Waals surface area contributed by atoms with E-state index in [4.69, 9.17) is 0 Å². The molecule has 0 heterocycles. The normalized spacial score (nSPS) is 10.8. The van der Waals surface area contributed by atoms with Crippen molar-refractivity contribution >= 4 is 57.9 Å². The van der Waals surface area contributed by atoms with E-state index in [2.05, 4.69) is 291 Å². The summed E-state index contributed by atoms with van der Waals surface area (Å²) in [5.74, 6) is 0. The van der Waals surface area contributed by atoms with Gasteiger partial charge in [0.1, 0.15) is 0 Å². The average molecular weight is 889 g/mol. The Balaban J connectivity index is 0.000000779. The van der Waals surface area contributed by atoms with Crippen LogP contribution < -0.4 is 9.80 Å². The highest BCUT2D eigenvalue weighted by molar-refractivity contribution is 5.92. The Morgan fingerprint density at radius 3 is 0.884 bits per heavy atom. The molecule has 0 aromatic heterocycles. The molecular formula is C67H56N2. The topological polar surface area (TPSA) is 6.48 Å². The van der Waals surface area contributed by atoms with Crippen LogP contribution in [0, 0.1) is 20.8 Å². The van der Waals surface area contributed by atoms with Gasteiger partial charge in [0.05, 0.1) is 0 Å². The summed E-state index contributed by atoms with van der Waals surface area (Å²) in [6.07, 6.45) is 6.60. The molecule has 0 fully saturated rings. The predicted molar refractivity (Wildman–Crippen MR) is 297 cm³/mol. The second-order valence-electron chi connectivity index (χ2n) is 17.3. The maximum atomic E-state index is 2.33. The highest BCUT2D eigenvalue weighted by Crippen LogP contribution is 2.39. The highest BCUT2D eigenvalue weighted by atomic mass is 15.1. The van der Waals surface area contributed by atoms with Crippen molar-refractivity contribution in [2.45, 2.75) is 20.8 Å². The zero-order valence-corrected chi connectivity index (χ0v) is 39.5. The smallest absolute Gasteiger partial charge is 0.0462 e. The Hall–Kier alpha value is -8.72. The molecule has 0 aliphatic carbocycles. The molecule has 0 N–H and O–H groups in total. The lowest BCUT2D eigenvalue weighted by Crippen LogP contribution is -2.10. The van der Waals surface area contributed by atoms with Gasteiger partial charge in [0, 0.05) is 34.1 Å². The molecule has 2 nitrogen and oxygen atoms in total. The quantitative estimate of drug-likeness (QED) is 0.113. The standard InChI is InChI=1S/C60H48N2.C7H8/c1-45-18-32-54(33-19-45)61(56-36-24-48(25-37-56)23-22-47-12-6-3-7-13-47)58-40-28-50(29-41-58)51-30-42-59(43-31-51)62(55-34-20-46(2)21-35-55)57-38-26-49(27-39-57)44-60(52-14-8-4-9-15-52)53-16-10-5-11-17-53;1-7-5-3-2-4-6-7/h3-44H,1-2H3;2-6H,1H3/b23-22-;. The van der Waals surface area contributed by atoms with Gasteiger partial charge in [-0.2, -0.15) is 0 Å². The summed E-state index contributed by atoms with van der Waals surface area (Å²) in [7, 11) is 0. The molecule has 0 bridgehead atoms. The van der Waals surface area contributed by atoms with E-state index in [-0.39, 0.29) is 0 Å². The molecule has 2 heteroatoms. The molecule has 0 radical (unpaired) electrons. The van der Waals surface area contributed by atoms with Crippen LogP contribution in [0.25, 0.3) is 34.9 Å². The van der Waals surface area contributed by atoms with Crippen LogP contribution in [0.2, 0.25) is 0 Å². The van der Waals surface area contributed by atoms with Crippen molar-refractivity contribution in [1.82, 2.24) is 0 Å². The zero-order chi connectivity index (χ0) is 47.2. The summed E-state index contributed by atoms with van der Waals surface area (Å²) >= 11 is 0. The number of hydrogen-bond acceptors (Lipinski definition) is 2. The van der Waals surface area contributed by atoms with Crippen molar-refractivity contribution < 1.29 is 0 Å². The van der Waals surface area contributed by atoms with E-state index in [1.807, 2.05) is 24.3 Å². The molecule has 0 saturated heterocycles. The fourth-order valence-electron chi connectivity index (χ4n) is 8.37. The Bertz CT molecular complexity index is 3150. The van der Waals surface area contributed by atoms with E-state index in [1.54, 1.807) is 0 Å². The second-order valence-corrected chi connectivity index (χ2v) is 17.3. The molecule has 10 aromatic carbocycles. The van der Waals surface area contributed by atoms with Gasteiger partial charge < -0.3 is 9.80 Å². The minimum Gasteiger partial charge on any atom is -0.311 e. The lowest BCUT2D eigenvalue weighted by molar-refractivity contribution is 1.27. The Morgan fingerprint density at radius 2 is 0.536 bits per heavy atom. The van der Waals surface area contributed by atoms with E-state index in [0.29, 0.717) is 0 Å². The molecule has 0 amide bonds. The second kappa shape index (κ2) is 22.2. The van der Waals surface area contributed by atoms with Crippen molar-refractivity contribution in [1.29, 1.82) is 0 Å². The lowest BCUT2D eigenvalue weighted by Gasteiger charge is -2.26. The minimum atomic E-state index is 1.10. The molecular weight excluding hydrogens is 833 g/mol. The van der Waals surface area contributed by atoms with Crippen LogP contribution in [-0.4, -0.2) is 0 Å². The molecule has 10 rings (SSSR count). The van der Waals surface area contributed by atoms with Crippen LogP contribution in [0.5, 0.6) is 0 Å². The van der Waals surface area contributed by atoms with Crippen molar-refractivity contribution in [3.63, 3.8) is 0 Å². The van der Waals surface area contributed by atoms with Crippen molar-refractivity contribution in [3.8, 4) is 11.1 Å². The van der Waals surface area contributed by atoms with Gasteiger partial charge in [0.2, 0.25) is 0 Å². The van der Waals surface area contributed by atoms with E-state index >= 15 is 0 Å². The van der Waals surface area contributed by atoms with Gasteiger partial charge in [-0.1, -0.05) is 223 Å². The van der Waals surface area contributed by atoms with Crippen molar-refractivity contribution in [2.75, 3.05) is 9.80 Å². The summed E-state index contributed by atoms with van der Waals surface area (Å²) < 4.78 is 0. The van der Waals surface area contributed by atoms with Crippen LogP contribution >= 0.6 is 0 Å². The summed E-state index contributed by atoms with van der Waals surface area (Å²) in [6, 6.07) is 94.9. The first-order chi connectivity index (χ1) is 33.9. The first-order valence-corrected chi connectivity index (χ1v) is 23.7. The van der Waals surface area contributed by atoms with Gasteiger partial charge in [0.15, 0.2) is 0 Å². The molecule has 10 aromatic rings. The predicted octanol–water partition coefficient (Wildman–Crippen LogP) is 18.7. The fourth-order valence-corrected chi connectivity index (χ4v) is 8.37. The van der Waals surface area contributed by atoms with Crippen LogP contribution in [-0.2, 0) is 0 Å². The van der Waals surface area contributed by atoms with E-state index in [1.165, 1.54) is 39.0 Å². The number of anilines is 6. The third-order valence-corrected chi connectivity index (χ3v) is 12.2. The zero-order valence-electron chi connectivity index (χ0n) is 39.5. The van der Waals surface area contributed by atoms with Crippen LogP contribution in [0.3, 0.4) is 0 Å². The number of rotatable bonds is 12. The first kappa shape index (κ1) is 45.4. The molecule has 334 valence electrons. The maximum absolute atomic E-state index is 2.33. The molecule has 0 aliphatic rings. The first-order valence-electron chi connectivity index (χ1n) is 23.7. The van der Waals surface area contributed by atoms with Gasteiger partial charge in [-0.15, -0.1) is 0 Å². The van der Waals surface area contributed by atoms with Crippen molar-refractivity contribution in [2.24, 2.45) is 0 Å². The van der Waals surface area contributed by atoms with Crippen LogP contribution in [0.1, 0.15) is 44.5 Å². The number of hydrogen-bond donors (Lipinski definition) is 0. The third kappa shape index (κ3) is 11.8. The molecule has 0 aliphatic heterocycles. The fraction of sp³-hybridized carbons (Fsp3) is 0.0448. The summed E-state index contributed by atoms with van der Waals surface area (Å²) in [4.78, 5) is 4.65. The minimum absolute atomic E-state index is 1.10. The lowest BCUT2D eigenvalue weighted by atomic mass is 9.95. The highest BCUT2D eigenvalue weighted by Gasteiger charge is 2.15. The molecule has 0 spiro atoms. The average Bonchev–Trinajstić information content (AvgIpc) is 3.41. The van der Waals surface area contributed by atoms with E-state index < -0.39 is 0 Å². The molecule has 69 heavy (non-hydrogen) atoms. The summed E-state index contributed by atoms with van der Waals surface area (Å²) in [5, 5.41) is 0. The van der Waals surface area contributed by atoms with Gasteiger partial charge >= 0.3 is 0 Å². The Labute approximate surface area is 409 Å². The molecule has 0 unspecified atom stereocenters. The number of aryl methyl sites for hydroxylation is 3. The van der Waals surface area contributed by atoms with Crippen LogP contribution in [0.15, 0.2) is 267 Å². The molecule has 0 atom stereocenters. The van der Waals surface area contributed by atoms with Gasteiger partial charge in [-0.3, -0.25) is 0 Å². The van der Waals surface area contributed by atoms with Crippen molar-refractivity contribution in [3.05, 3.63) is 311 Å². The number of nitrogens with zero attached hydrogens (tertiary/aromatic N) is 2. The summed E-state index contributed by atoms with van der Waals surface area (Å²) in [6.45, 7) is 6.35. The largest absolute Gasteiger partial charge is 0.311 e. The van der Waals surface area contributed by atoms with Crippen LogP contribution in [0.4, 0.5) is 34.1 Å². The Kier molecular flexibility index (Phi) is 14.6. The number of benzene rings is 10. The monoisotopic (exact) mass is 888 g/mol. The summed E-state index contributed by atoms with van der Waals surface area (Å²) in [5.41, 5.74) is 19.8.